The van der Waals surface area contributed by atoms with Crippen molar-refractivity contribution in [3.05, 3.63) is 69.2 Å². The molecule has 0 fully saturated rings. The van der Waals surface area contributed by atoms with Gasteiger partial charge in [-0.05, 0) is 35.4 Å². The van der Waals surface area contributed by atoms with Crippen LogP contribution in [0.4, 0.5) is 0 Å². The van der Waals surface area contributed by atoms with E-state index in [0.717, 1.165) is 11.1 Å². The van der Waals surface area contributed by atoms with E-state index in [1.54, 1.807) is 36.2 Å². The molecule has 0 heterocycles. The topological polar surface area (TPSA) is 20.3 Å². The summed E-state index contributed by atoms with van der Waals surface area (Å²) in [5.74, 6) is 0.368. The summed E-state index contributed by atoms with van der Waals surface area (Å²) in [6, 6.07) is 12.5. The summed E-state index contributed by atoms with van der Waals surface area (Å²) in [5, 5.41) is 1.13. The van der Waals surface area contributed by atoms with Crippen molar-refractivity contribution in [2.24, 2.45) is 0 Å². The lowest BCUT2D eigenvalue weighted by atomic mass is 10.1. The predicted molar refractivity (Wildman–Crippen MR) is 88.3 cm³/mol. The number of benzene rings is 2. The zero-order valence-corrected chi connectivity index (χ0v) is 13.7. The molecule has 0 saturated carbocycles. The Bertz CT molecular complexity index is 640. The van der Waals surface area contributed by atoms with Gasteiger partial charge in [0.05, 0.1) is 0 Å². The van der Waals surface area contributed by atoms with Crippen molar-refractivity contribution in [3.63, 3.8) is 0 Å². The molecule has 2 rings (SSSR count). The Hall–Kier alpha value is -1.22. The number of nitrogens with zero attached hydrogens (tertiary/aromatic N) is 1. The maximum absolute atomic E-state index is 12.4. The quantitative estimate of drug-likeness (QED) is 0.716. The first-order valence-corrected chi connectivity index (χ1v) is 7.64. The highest BCUT2D eigenvalue weighted by atomic mass is 35.5. The van der Waals surface area contributed by atoms with Crippen LogP contribution in [0.15, 0.2) is 42.5 Å². The number of rotatable bonds is 4. The Balaban J connectivity index is 2.11. The van der Waals surface area contributed by atoms with Crippen LogP contribution in [-0.2, 0) is 12.4 Å². The smallest absolute Gasteiger partial charge is 0.253 e. The van der Waals surface area contributed by atoms with Crippen molar-refractivity contribution < 1.29 is 4.79 Å². The second-order valence-corrected chi connectivity index (χ2v) is 5.84. The van der Waals surface area contributed by atoms with Gasteiger partial charge in [-0.15, -0.1) is 11.6 Å². The van der Waals surface area contributed by atoms with Crippen molar-refractivity contribution in [1.82, 2.24) is 4.90 Å². The molecule has 110 valence electrons. The molecular formula is C16H14Cl3NO. The molecule has 0 saturated heterocycles. The summed E-state index contributed by atoms with van der Waals surface area (Å²) in [6.45, 7) is 0.423. The van der Waals surface area contributed by atoms with Gasteiger partial charge in [0, 0.05) is 35.1 Å². The van der Waals surface area contributed by atoms with Gasteiger partial charge in [0.2, 0.25) is 0 Å². The molecule has 21 heavy (non-hydrogen) atoms. The average molecular weight is 343 g/mol. The van der Waals surface area contributed by atoms with Gasteiger partial charge in [-0.1, -0.05) is 41.4 Å². The normalized spacial score (nSPS) is 10.5. The largest absolute Gasteiger partial charge is 0.337 e. The summed E-state index contributed by atoms with van der Waals surface area (Å²) in [6.07, 6.45) is 0. The minimum Gasteiger partial charge on any atom is -0.337 e. The first kappa shape index (κ1) is 16.2. The summed E-state index contributed by atoms with van der Waals surface area (Å²) in [5.41, 5.74) is 2.46. The maximum Gasteiger partial charge on any atom is 0.253 e. The van der Waals surface area contributed by atoms with Gasteiger partial charge in [0.1, 0.15) is 0 Å². The number of halogens is 3. The third-order valence-electron chi connectivity index (χ3n) is 3.12. The molecule has 0 aliphatic rings. The first-order valence-electron chi connectivity index (χ1n) is 6.35. The van der Waals surface area contributed by atoms with Crippen LogP contribution in [0.2, 0.25) is 10.0 Å². The molecule has 1 amide bonds. The molecule has 0 spiro atoms. The van der Waals surface area contributed by atoms with Crippen LogP contribution in [0.1, 0.15) is 21.5 Å². The van der Waals surface area contributed by atoms with Gasteiger partial charge >= 0.3 is 0 Å². The fraction of sp³-hybridized carbons (Fsp3) is 0.188. The fourth-order valence-corrected chi connectivity index (χ4v) is 2.58. The molecule has 0 atom stereocenters. The average Bonchev–Trinajstić information content (AvgIpc) is 2.49. The Kier molecular flexibility index (Phi) is 5.51. The summed E-state index contributed by atoms with van der Waals surface area (Å²) in [4.78, 5) is 14.0. The highest BCUT2D eigenvalue weighted by Crippen LogP contribution is 2.22. The Labute approximate surface area is 139 Å². The number of hydrogen-bond donors (Lipinski definition) is 0. The lowest BCUT2D eigenvalue weighted by Crippen LogP contribution is -2.26. The third-order valence-corrected chi connectivity index (χ3v) is 4.02. The summed E-state index contributed by atoms with van der Waals surface area (Å²) in [7, 11) is 1.74. The van der Waals surface area contributed by atoms with Crippen LogP contribution in [0, 0.1) is 0 Å². The zero-order chi connectivity index (χ0) is 15.4. The molecule has 2 nitrogen and oxygen atoms in total. The molecule has 0 radical (unpaired) electrons. The van der Waals surface area contributed by atoms with Crippen LogP contribution in [0.3, 0.4) is 0 Å². The van der Waals surface area contributed by atoms with Crippen molar-refractivity contribution in [1.29, 1.82) is 0 Å². The number of carbonyl (C=O) groups excluding carboxylic acids is 1. The summed E-state index contributed by atoms with van der Waals surface area (Å²) >= 11 is 17.7. The summed E-state index contributed by atoms with van der Waals surface area (Å²) < 4.78 is 0. The second-order valence-electron chi connectivity index (χ2n) is 4.73. The second kappa shape index (κ2) is 7.17. The van der Waals surface area contributed by atoms with E-state index in [1.165, 1.54) is 0 Å². The first-order chi connectivity index (χ1) is 10.0. The fourth-order valence-electron chi connectivity index (χ4n) is 1.93. The van der Waals surface area contributed by atoms with Crippen molar-refractivity contribution in [3.8, 4) is 0 Å². The molecule has 2 aromatic rings. The minimum atomic E-state index is -0.0675. The van der Waals surface area contributed by atoms with Crippen molar-refractivity contribution in [2.75, 3.05) is 7.05 Å². The van der Waals surface area contributed by atoms with Crippen LogP contribution in [0.25, 0.3) is 0 Å². The van der Waals surface area contributed by atoms with Gasteiger partial charge in [-0.3, -0.25) is 4.79 Å². The number of amides is 1. The van der Waals surface area contributed by atoms with E-state index in [9.17, 15) is 4.79 Å². The van der Waals surface area contributed by atoms with E-state index < -0.39 is 0 Å². The van der Waals surface area contributed by atoms with Gasteiger partial charge in [-0.2, -0.15) is 0 Å². The standard InChI is InChI=1S/C16H14Cl3NO/c1-20(10-13-6-7-14(18)8-15(13)19)16(21)12-4-2-11(9-17)3-5-12/h2-8H,9-10H2,1H3. The van der Waals surface area contributed by atoms with E-state index in [1.807, 2.05) is 18.2 Å². The monoisotopic (exact) mass is 341 g/mol. The number of alkyl halides is 1. The van der Waals surface area contributed by atoms with Gasteiger partial charge in [0.25, 0.3) is 5.91 Å². The lowest BCUT2D eigenvalue weighted by molar-refractivity contribution is 0.0785. The molecular weight excluding hydrogens is 329 g/mol. The van der Waals surface area contributed by atoms with Gasteiger partial charge in [-0.25, -0.2) is 0 Å². The Morgan fingerprint density at radius 3 is 2.33 bits per heavy atom. The van der Waals surface area contributed by atoms with E-state index in [-0.39, 0.29) is 5.91 Å². The lowest BCUT2D eigenvalue weighted by Gasteiger charge is -2.18. The van der Waals surface area contributed by atoms with Crippen LogP contribution in [0.5, 0.6) is 0 Å². The third kappa shape index (κ3) is 4.13. The van der Waals surface area contributed by atoms with Crippen molar-refractivity contribution >= 4 is 40.7 Å². The molecule has 0 aromatic heterocycles. The molecule has 0 unspecified atom stereocenters. The highest BCUT2D eigenvalue weighted by molar-refractivity contribution is 6.35. The van der Waals surface area contributed by atoms with Crippen molar-refractivity contribution in [2.45, 2.75) is 12.4 Å². The number of hydrogen-bond acceptors (Lipinski definition) is 1. The molecule has 0 aliphatic heterocycles. The molecule has 5 heteroatoms. The van der Waals surface area contributed by atoms with E-state index in [0.29, 0.717) is 28.0 Å². The zero-order valence-electron chi connectivity index (χ0n) is 11.4. The molecule has 0 aliphatic carbocycles. The maximum atomic E-state index is 12.4. The molecule has 2 aromatic carbocycles. The van der Waals surface area contributed by atoms with Crippen LogP contribution in [-0.4, -0.2) is 17.9 Å². The van der Waals surface area contributed by atoms with E-state index >= 15 is 0 Å². The minimum absolute atomic E-state index is 0.0675. The van der Waals surface area contributed by atoms with Gasteiger partial charge in [0.15, 0.2) is 0 Å². The Morgan fingerprint density at radius 2 is 1.76 bits per heavy atom. The van der Waals surface area contributed by atoms with Crippen LogP contribution >= 0.6 is 34.8 Å². The van der Waals surface area contributed by atoms with Crippen LogP contribution < -0.4 is 0 Å². The predicted octanol–water partition coefficient (Wildman–Crippen LogP) is 5.00. The SMILES string of the molecule is CN(Cc1ccc(Cl)cc1Cl)C(=O)c1ccc(CCl)cc1. The number of carbonyl (C=O) groups is 1. The molecule has 0 N–H and O–H groups in total. The van der Waals surface area contributed by atoms with E-state index in [2.05, 4.69) is 0 Å². The van der Waals surface area contributed by atoms with Gasteiger partial charge < -0.3 is 4.90 Å². The highest BCUT2D eigenvalue weighted by Gasteiger charge is 2.13. The Morgan fingerprint density at radius 1 is 1.10 bits per heavy atom. The molecule has 0 bridgehead atoms. The van der Waals surface area contributed by atoms with E-state index in [4.69, 9.17) is 34.8 Å².